The van der Waals surface area contributed by atoms with Gasteiger partial charge in [-0.1, -0.05) is 48.0 Å². The number of nitrogens with one attached hydrogen (secondary N) is 1. The van der Waals surface area contributed by atoms with Crippen LogP contribution in [0.4, 0.5) is 4.39 Å². The highest BCUT2D eigenvalue weighted by molar-refractivity contribution is 6.30. The van der Waals surface area contributed by atoms with Crippen molar-refractivity contribution in [1.29, 1.82) is 0 Å². The number of para-hydroxylation sites is 1. The van der Waals surface area contributed by atoms with Gasteiger partial charge in [-0.15, -0.1) is 0 Å². The van der Waals surface area contributed by atoms with E-state index in [4.69, 9.17) is 11.6 Å². The van der Waals surface area contributed by atoms with Crippen molar-refractivity contribution in [1.82, 2.24) is 15.1 Å². The fourth-order valence-electron chi connectivity index (χ4n) is 4.02. The molecule has 0 spiro atoms. The minimum atomic E-state index is -0.493. The van der Waals surface area contributed by atoms with Crippen LogP contribution in [-0.4, -0.2) is 26.1 Å². The number of H-pyrrole nitrogens is 1. The summed E-state index contributed by atoms with van der Waals surface area (Å²) in [6.45, 7) is 0.334. The summed E-state index contributed by atoms with van der Waals surface area (Å²) in [4.78, 5) is 15.1. The third kappa shape index (κ3) is 3.35. The number of fused-ring (bicyclic) bond motifs is 1. The number of hydrogen-bond acceptors (Lipinski definition) is 3. The molecule has 1 atom stereocenters. The van der Waals surface area contributed by atoms with E-state index in [9.17, 15) is 14.3 Å². The summed E-state index contributed by atoms with van der Waals surface area (Å²) in [6, 6.07) is 19.7. The molecule has 1 unspecified atom stereocenters. The third-order valence-corrected chi connectivity index (χ3v) is 5.73. The summed E-state index contributed by atoms with van der Waals surface area (Å²) in [5.41, 5.74) is 3.70. The van der Waals surface area contributed by atoms with Crippen LogP contribution < -0.4 is 0 Å². The Labute approximate surface area is 182 Å². The number of phenolic OH excluding ortho intramolecular Hbond substituents is 1. The molecule has 2 N–H and O–H groups in total. The Morgan fingerprint density at radius 1 is 1.03 bits per heavy atom. The second kappa shape index (κ2) is 7.56. The zero-order valence-electron chi connectivity index (χ0n) is 16.2. The van der Waals surface area contributed by atoms with Gasteiger partial charge < -0.3 is 10.0 Å². The quantitative estimate of drug-likeness (QED) is 0.457. The van der Waals surface area contributed by atoms with Crippen LogP contribution in [0, 0.1) is 5.82 Å². The average Bonchev–Trinajstić information content (AvgIpc) is 3.30. The van der Waals surface area contributed by atoms with Crippen molar-refractivity contribution in [3.05, 3.63) is 106 Å². The summed E-state index contributed by atoms with van der Waals surface area (Å²) in [5, 5.41) is 18.2. The lowest BCUT2D eigenvalue weighted by Gasteiger charge is -2.26. The number of aromatic amines is 1. The number of halogens is 2. The molecule has 5 rings (SSSR count). The van der Waals surface area contributed by atoms with Gasteiger partial charge in [-0.3, -0.25) is 9.89 Å². The highest BCUT2D eigenvalue weighted by Gasteiger charge is 2.42. The zero-order chi connectivity index (χ0) is 21.5. The minimum absolute atomic E-state index is 0.0678. The van der Waals surface area contributed by atoms with Crippen molar-refractivity contribution in [2.75, 3.05) is 0 Å². The zero-order valence-corrected chi connectivity index (χ0v) is 17.0. The summed E-state index contributed by atoms with van der Waals surface area (Å²) in [7, 11) is 0. The second-order valence-electron chi connectivity index (χ2n) is 7.39. The van der Waals surface area contributed by atoms with E-state index in [-0.39, 0.29) is 17.5 Å². The van der Waals surface area contributed by atoms with Crippen molar-refractivity contribution < 1.29 is 14.3 Å². The van der Waals surface area contributed by atoms with Gasteiger partial charge in [0.1, 0.15) is 23.0 Å². The van der Waals surface area contributed by atoms with Gasteiger partial charge in [-0.05, 0) is 47.5 Å². The van der Waals surface area contributed by atoms with E-state index in [1.165, 1.54) is 12.1 Å². The van der Waals surface area contributed by atoms with Crippen molar-refractivity contribution in [3.63, 3.8) is 0 Å². The Balaban J connectivity index is 1.65. The van der Waals surface area contributed by atoms with Crippen LogP contribution in [0.1, 0.15) is 33.2 Å². The van der Waals surface area contributed by atoms with E-state index in [2.05, 4.69) is 10.2 Å². The predicted molar refractivity (Wildman–Crippen MR) is 115 cm³/mol. The Bertz CT molecular complexity index is 1270. The van der Waals surface area contributed by atoms with Crippen molar-refractivity contribution in [2.24, 2.45) is 0 Å². The third-order valence-electron chi connectivity index (χ3n) is 5.47. The molecule has 154 valence electrons. The fraction of sp³-hybridized carbons (Fsp3) is 0.0833. The fourth-order valence-corrected chi connectivity index (χ4v) is 4.14. The second-order valence-corrected chi connectivity index (χ2v) is 7.83. The largest absolute Gasteiger partial charge is 0.507 e. The van der Waals surface area contributed by atoms with Crippen LogP contribution in [0.25, 0.3) is 11.3 Å². The van der Waals surface area contributed by atoms with Crippen LogP contribution in [0.5, 0.6) is 5.75 Å². The molecule has 4 aromatic rings. The van der Waals surface area contributed by atoms with Crippen LogP contribution in [0.2, 0.25) is 5.02 Å². The summed E-state index contributed by atoms with van der Waals surface area (Å²) in [6.07, 6.45) is 0. The molecule has 0 aliphatic carbocycles. The van der Waals surface area contributed by atoms with Crippen LogP contribution in [0.3, 0.4) is 0 Å². The number of rotatable bonds is 4. The standard InChI is InChI=1S/C24H17ClFN3O2/c25-16-9-5-14(6-10-16)13-29-23(15-7-11-17(26)12-8-15)20-21(27-28-22(20)24(29)31)18-3-1-2-4-19(18)30/h1-12,23,30H,13H2,(H,27,28). The summed E-state index contributed by atoms with van der Waals surface area (Å²) in [5.74, 6) is -0.502. The summed E-state index contributed by atoms with van der Waals surface area (Å²) < 4.78 is 13.6. The van der Waals surface area contributed by atoms with Gasteiger partial charge in [0.05, 0.1) is 6.04 Å². The summed E-state index contributed by atoms with van der Waals surface area (Å²) >= 11 is 6.00. The molecule has 1 aromatic heterocycles. The molecule has 2 heterocycles. The van der Waals surface area contributed by atoms with Crippen LogP contribution in [-0.2, 0) is 6.54 Å². The Hall–Kier alpha value is -3.64. The first kappa shape index (κ1) is 19.3. The van der Waals surface area contributed by atoms with Gasteiger partial charge in [0.2, 0.25) is 0 Å². The van der Waals surface area contributed by atoms with E-state index in [0.29, 0.717) is 34.1 Å². The molecule has 0 bridgehead atoms. The Morgan fingerprint density at radius 2 is 1.74 bits per heavy atom. The van der Waals surface area contributed by atoms with E-state index in [0.717, 1.165) is 11.1 Å². The molecule has 5 nitrogen and oxygen atoms in total. The van der Waals surface area contributed by atoms with Gasteiger partial charge in [-0.25, -0.2) is 4.39 Å². The normalized spacial score (nSPS) is 15.4. The van der Waals surface area contributed by atoms with Gasteiger partial charge in [0.25, 0.3) is 5.91 Å². The highest BCUT2D eigenvalue weighted by Crippen LogP contribution is 2.45. The molecule has 0 saturated heterocycles. The predicted octanol–water partition coefficient (Wildman–Crippen LogP) is 5.32. The monoisotopic (exact) mass is 433 g/mol. The number of phenols is 1. The first-order chi connectivity index (χ1) is 15.0. The molecule has 31 heavy (non-hydrogen) atoms. The van der Waals surface area contributed by atoms with Gasteiger partial charge >= 0.3 is 0 Å². The molecule has 0 saturated carbocycles. The molecule has 1 amide bonds. The number of aromatic hydroxyl groups is 1. The smallest absolute Gasteiger partial charge is 0.273 e. The maximum absolute atomic E-state index is 13.6. The number of carbonyl (C=O) groups excluding carboxylic acids is 1. The lowest BCUT2D eigenvalue weighted by molar-refractivity contribution is 0.0730. The number of amides is 1. The van der Waals surface area contributed by atoms with Crippen LogP contribution >= 0.6 is 11.6 Å². The highest BCUT2D eigenvalue weighted by atomic mass is 35.5. The van der Waals surface area contributed by atoms with Gasteiger partial charge in [0, 0.05) is 22.7 Å². The molecule has 0 radical (unpaired) electrons. The topological polar surface area (TPSA) is 69.2 Å². The lowest BCUT2D eigenvalue weighted by atomic mass is 9.95. The number of hydrogen-bond donors (Lipinski definition) is 2. The van der Waals surface area contributed by atoms with E-state index < -0.39 is 6.04 Å². The number of carbonyl (C=O) groups is 1. The number of nitrogens with zero attached hydrogens (tertiary/aromatic N) is 2. The maximum Gasteiger partial charge on any atom is 0.273 e. The number of aromatic nitrogens is 2. The minimum Gasteiger partial charge on any atom is -0.507 e. The maximum atomic E-state index is 13.6. The Kier molecular flexibility index (Phi) is 4.71. The van der Waals surface area contributed by atoms with Crippen molar-refractivity contribution >= 4 is 17.5 Å². The molecule has 3 aromatic carbocycles. The van der Waals surface area contributed by atoms with Crippen molar-refractivity contribution in [3.8, 4) is 17.0 Å². The Morgan fingerprint density at radius 3 is 2.45 bits per heavy atom. The molecule has 0 fully saturated rings. The van der Waals surface area contributed by atoms with E-state index >= 15 is 0 Å². The SMILES string of the molecule is O=C1c2[nH]nc(-c3ccccc3O)c2C(c2ccc(F)cc2)N1Cc1ccc(Cl)cc1. The molecular weight excluding hydrogens is 417 g/mol. The first-order valence-corrected chi connectivity index (χ1v) is 10.1. The van der Waals surface area contributed by atoms with Crippen LogP contribution in [0.15, 0.2) is 72.8 Å². The van der Waals surface area contributed by atoms with Gasteiger partial charge in [0.15, 0.2) is 0 Å². The van der Waals surface area contributed by atoms with Crippen molar-refractivity contribution in [2.45, 2.75) is 12.6 Å². The van der Waals surface area contributed by atoms with Gasteiger partial charge in [-0.2, -0.15) is 5.10 Å². The molecule has 1 aliphatic rings. The molecular formula is C24H17ClFN3O2. The molecule has 1 aliphatic heterocycles. The van der Waals surface area contributed by atoms with E-state index in [1.807, 2.05) is 12.1 Å². The first-order valence-electron chi connectivity index (χ1n) is 9.70. The number of benzene rings is 3. The lowest BCUT2D eigenvalue weighted by Crippen LogP contribution is -2.29. The van der Waals surface area contributed by atoms with E-state index in [1.54, 1.807) is 53.4 Å². The molecule has 7 heteroatoms. The average molecular weight is 434 g/mol.